The topological polar surface area (TPSA) is 41.6 Å². The van der Waals surface area contributed by atoms with E-state index in [2.05, 4.69) is 28.4 Å². The molecule has 0 aromatic heterocycles. The van der Waals surface area contributed by atoms with E-state index in [1.165, 1.54) is 11.1 Å². The maximum absolute atomic E-state index is 12.7. The SMILES string of the molecule is O=C(Nc1ccccc1CN1CCOCC1)[C@@H]1C[C@H]1c1ccccc1. The van der Waals surface area contributed by atoms with Crippen LogP contribution in [-0.4, -0.2) is 37.1 Å². The molecule has 0 bridgehead atoms. The zero-order chi connectivity index (χ0) is 17.1. The lowest BCUT2D eigenvalue weighted by molar-refractivity contribution is -0.117. The molecule has 1 N–H and O–H groups in total. The summed E-state index contributed by atoms with van der Waals surface area (Å²) in [4.78, 5) is 15.0. The summed E-state index contributed by atoms with van der Waals surface area (Å²) in [5, 5.41) is 3.16. The lowest BCUT2D eigenvalue weighted by atomic mass is 10.1. The van der Waals surface area contributed by atoms with Crippen LogP contribution in [0.2, 0.25) is 0 Å². The Morgan fingerprint density at radius 3 is 2.56 bits per heavy atom. The number of benzene rings is 2. The van der Waals surface area contributed by atoms with Gasteiger partial charge >= 0.3 is 0 Å². The van der Waals surface area contributed by atoms with Crippen molar-refractivity contribution in [2.45, 2.75) is 18.9 Å². The molecule has 2 atom stereocenters. The monoisotopic (exact) mass is 336 g/mol. The number of morpholine rings is 1. The Labute approximate surface area is 148 Å². The van der Waals surface area contributed by atoms with Gasteiger partial charge in [0.25, 0.3) is 0 Å². The smallest absolute Gasteiger partial charge is 0.228 e. The summed E-state index contributed by atoms with van der Waals surface area (Å²) in [6.07, 6.45) is 0.946. The van der Waals surface area contributed by atoms with Crippen molar-refractivity contribution < 1.29 is 9.53 Å². The number of anilines is 1. The second-order valence-electron chi connectivity index (χ2n) is 6.89. The largest absolute Gasteiger partial charge is 0.379 e. The van der Waals surface area contributed by atoms with Crippen LogP contribution in [0.4, 0.5) is 5.69 Å². The molecule has 1 saturated carbocycles. The molecule has 1 amide bonds. The highest BCUT2D eigenvalue weighted by Gasteiger charge is 2.43. The van der Waals surface area contributed by atoms with Gasteiger partial charge in [-0.2, -0.15) is 0 Å². The lowest BCUT2D eigenvalue weighted by Gasteiger charge is -2.27. The van der Waals surface area contributed by atoms with E-state index in [0.29, 0.717) is 5.92 Å². The maximum atomic E-state index is 12.7. The van der Waals surface area contributed by atoms with Gasteiger partial charge in [-0.25, -0.2) is 0 Å². The molecule has 1 heterocycles. The number of rotatable bonds is 5. The van der Waals surface area contributed by atoms with Crippen molar-refractivity contribution in [3.63, 3.8) is 0 Å². The standard InChI is InChI=1S/C21H24N2O2/c24-21(19-14-18(19)16-6-2-1-3-7-16)22-20-9-5-4-8-17(20)15-23-10-12-25-13-11-23/h1-9,18-19H,10-15H2,(H,22,24)/t18-,19+/m0/s1. The maximum Gasteiger partial charge on any atom is 0.228 e. The van der Waals surface area contributed by atoms with Gasteiger partial charge in [0, 0.05) is 31.2 Å². The number of para-hydroxylation sites is 1. The van der Waals surface area contributed by atoms with Gasteiger partial charge in [-0.1, -0.05) is 48.5 Å². The van der Waals surface area contributed by atoms with Gasteiger partial charge in [0.1, 0.15) is 0 Å². The number of carbonyl (C=O) groups is 1. The van der Waals surface area contributed by atoms with Crippen molar-refractivity contribution in [2.24, 2.45) is 5.92 Å². The van der Waals surface area contributed by atoms with E-state index in [-0.39, 0.29) is 11.8 Å². The van der Waals surface area contributed by atoms with Gasteiger partial charge in [-0.15, -0.1) is 0 Å². The van der Waals surface area contributed by atoms with E-state index >= 15 is 0 Å². The van der Waals surface area contributed by atoms with Crippen LogP contribution in [0, 0.1) is 5.92 Å². The lowest BCUT2D eigenvalue weighted by Crippen LogP contribution is -2.35. The summed E-state index contributed by atoms with van der Waals surface area (Å²) in [6.45, 7) is 4.32. The first kappa shape index (κ1) is 16.3. The number of nitrogens with zero attached hydrogens (tertiary/aromatic N) is 1. The van der Waals surface area contributed by atoms with Crippen LogP contribution >= 0.6 is 0 Å². The molecule has 130 valence electrons. The molecule has 2 aromatic carbocycles. The minimum absolute atomic E-state index is 0.0962. The van der Waals surface area contributed by atoms with E-state index in [0.717, 1.165) is 45.0 Å². The Balaban J connectivity index is 1.40. The third kappa shape index (κ3) is 3.91. The Hall–Kier alpha value is -2.17. The van der Waals surface area contributed by atoms with Gasteiger partial charge in [0.15, 0.2) is 0 Å². The predicted molar refractivity (Wildman–Crippen MR) is 98.5 cm³/mol. The molecule has 1 saturated heterocycles. The molecular weight excluding hydrogens is 312 g/mol. The number of hydrogen-bond acceptors (Lipinski definition) is 3. The van der Waals surface area contributed by atoms with Gasteiger partial charge in [-0.3, -0.25) is 9.69 Å². The first-order valence-electron chi connectivity index (χ1n) is 9.05. The Morgan fingerprint density at radius 2 is 1.76 bits per heavy atom. The van der Waals surface area contributed by atoms with Crippen LogP contribution in [0.3, 0.4) is 0 Å². The fourth-order valence-corrected chi connectivity index (χ4v) is 3.56. The average molecular weight is 336 g/mol. The summed E-state index contributed by atoms with van der Waals surface area (Å²) in [5.41, 5.74) is 3.39. The molecule has 0 spiro atoms. The Morgan fingerprint density at radius 1 is 1.04 bits per heavy atom. The second kappa shape index (κ2) is 7.38. The van der Waals surface area contributed by atoms with Gasteiger partial charge in [-0.05, 0) is 29.5 Å². The summed E-state index contributed by atoms with van der Waals surface area (Å²) in [7, 11) is 0. The van der Waals surface area contributed by atoms with Crippen LogP contribution in [-0.2, 0) is 16.1 Å². The molecule has 4 rings (SSSR count). The third-order valence-corrected chi connectivity index (χ3v) is 5.13. The predicted octanol–water partition coefficient (Wildman–Crippen LogP) is 3.26. The molecule has 4 nitrogen and oxygen atoms in total. The number of ether oxygens (including phenoxy) is 1. The second-order valence-corrected chi connectivity index (χ2v) is 6.89. The molecule has 2 fully saturated rings. The first-order valence-corrected chi connectivity index (χ1v) is 9.05. The Kier molecular flexibility index (Phi) is 4.81. The zero-order valence-electron chi connectivity index (χ0n) is 14.4. The molecule has 4 heteroatoms. The number of carbonyl (C=O) groups excluding carboxylic acids is 1. The molecule has 1 aliphatic carbocycles. The van der Waals surface area contributed by atoms with Crippen LogP contribution in [0.1, 0.15) is 23.5 Å². The van der Waals surface area contributed by atoms with Crippen molar-refractivity contribution in [1.82, 2.24) is 4.90 Å². The average Bonchev–Trinajstić information content (AvgIpc) is 3.46. The minimum Gasteiger partial charge on any atom is -0.379 e. The highest BCUT2D eigenvalue weighted by molar-refractivity contribution is 5.95. The summed E-state index contributed by atoms with van der Waals surface area (Å²) < 4.78 is 5.41. The highest BCUT2D eigenvalue weighted by atomic mass is 16.5. The van der Waals surface area contributed by atoms with Crippen LogP contribution < -0.4 is 5.32 Å². The normalized spacial score (nSPS) is 23.2. The van der Waals surface area contributed by atoms with Crippen molar-refractivity contribution in [2.75, 3.05) is 31.6 Å². The van der Waals surface area contributed by atoms with Crippen molar-refractivity contribution in [1.29, 1.82) is 0 Å². The fraction of sp³-hybridized carbons (Fsp3) is 0.381. The number of amides is 1. The fourth-order valence-electron chi connectivity index (χ4n) is 3.56. The van der Waals surface area contributed by atoms with Crippen molar-refractivity contribution in [3.05, 3.63) is 65.7 Å². The Bertz CT molecular complexity index is 726. The zero-order valence-corrected chi connectivity index (χ0v) is 14.4. The van der Waals surface area contributed by atoms with Gasteiger partial charge in [0.2, 0.25) is 5.91 Å². The van der Waals surface area contributed by atoms with Gasteiger partial charge in [0.05, 0.1) is 13.2 Å². The molecule has 2 aliphatic rings. The molecule has 0 radical (unpaired) electrons. The molecule has 25 heavy (non-hydrogen) atoms. The van der Waals surface area contributed by atoms with E-state index in [1.54, 1.807) is 0 Å². The highest BCUT2D eigenvalue weighted by Crippen LogP contribution is 2.47. The number of hydrogen-bond donors (Lipinski definition) is 1. The number of nitrogens with one attached hydrogen (secondary N) is 1. The quantitative estimate of drug-likeness (QED) is 0.911. The van der Waals surface area contributed by atoms with Crippen molar-refractivity contribution in [3.8, 4) is 0 Å². The van der Waals surface area contributed by atoms with Crippen LogP contribution in [0.5, 0.6) is 0 Å². The first-order chi connectivity index (χ1) is 12.3. The van der Waals surface area contributed by atoms with Crippen molar-refractivity contribution >= 4 is 11.6 Å². The molecular formula is C21H24N2O2. The summed E-state index contributed by atoms with van der Waals surface area (Å²) in [6, 6.07) is 18.5. The third-order valence-electron chi connectivity index (χ3n) is 5.13. The minimum atomic E-state index is 0.0962. The van der Waals surface area contributed by atoms with Gasteiger partial charge < -0.3 is 10.1 Å². The van der Waals surface area contributed by atoms with E-state index in [4.69, 9.17) is 4.74 Å². The summed E-state index contributed by atoms with van der Waals surface area (Å²) >= 11 is 0. The molecule has 0 unspecified atom stereocenters. The van der Waals surface area contributed by atoms with E-state index in [1.807, 2.05) is 36.4 Å². The van der Waals surface area contributed by atoms with Crippen LogP contribution in [0.25, 0.3) is 0 Å². The molecule has 1 aliphatic heterocycles. The van der Waals surface area contributed by atoms with Crippen LogP contribution in [0.15, 0.2) is 54.6 Å². The van der Waals surface area contributed by atoms with E-state index in [9.17, 15) is 4.79 Å². The molecule has 2 aromatic rings. The summed E-state index contributed by atoms with van der Waals surface area (Å²) in [5.74, 6) is 0.606. The van der Waals surface area contributed by atoms with E-state index < -0.39 is 0 Å².